The van der Waals surface area contributed by atoms with Crippen molar-refractivity contribution >= 4 is 5.90 Å². The van der Waals surface area contributed by atoms with Crippen LogP contribution in [0, 0.1) is 11.8 Å². The van der Waals surface area contributed by atoms with Crippen LogP contribution in [0.1, 0.15) is 60.4 Å². The molecule has 8 heteroatoms. The van der Waals surface area contributed by atoms with Crippen molar-refractivity contribution in [2.75, 3.05) is 39.5 Å². The van der Waals surface area contributed by atoms with E-state index in [2.05, 4.69) is 50.6 Å². The second kappa shape index (κ2) is 13.5. The first-order chi connectivity index (χ1) is 20.2. The van der Waals surface area contributed by atoms with Gasteiger partial charge < -0.3 is 23.5 Å². The molecule has 4 heterocycles. The van der Waals surface area contributed by atoms with E-state index >= 15 is 0 Å². The van der Waals surface area contributed by atoms with Gasteiger partial charge in [0.25, 0.3) is 0 Å². The number of morpholine rings is 1. The van der Waals surface area contributed by atoms with Crippen LogP contribution in [0.4, 0.5) is 0 Å². The normalized spacial score (nSPS) is 21.9. The molecule has 0 radical (unpaired) electrons. The van der Waals surface area contributed by atoms with Crippen LogP contribution < -0.4 is 0 Å². The van der Waals surface area contributed by atoms with E-state index in [4.69, 9.17) is 23.9 Å². The Morgan fingerprint density at radius 2 is 1.73 bits per heavy atom. The fraction of sp³-hybridized carbons (Fsp3) is 0.455. The number of aromatic nitrogens is 2. The van der Waals surface area contributed by atoms with E-state index in [0.29, 0.717) is 19.0 Å². The van der Waals surface area contributed by atoms with Gasteiger partial charge in [0.05, 0.1) is 13.2 Å². The van der Waals surface area contributed by atoms with E-state index in [9.17, 15) is 0 Å². The Morgan fingerprint density at radius 3 is 2.46 bits per heavy atom. The van der Waals surface area contributed by atoms with Gasteiger partial charge in [0.1, 0.15) is 24.6 Å². The summed E-state index contributed by atoms with van der Waals surface area (Å²) in [7, 11) is 0. The monoisotopic (exact) mass is 554 g/mol. The highest BCUT2D eigenvalue weighted by Gasteiger charge is 2.25. The fourth-order valence-electron chi connectivity index (χ4n) is 5.39. The number of aliphatic imine (C=N–C) groups is 1. The van der Waals surface area contributed by atoms with E-state index in [1.165, 1.54) is 5.56 Å². The average Bonchev–Trinajstić information content (AvgIpc) is 3.68. The minimum atomic E-state index is -0.152. The summed E-state index contributed by atoms with van der Waals surface area (Å²) in [6.45, 7) is 8.60. The minimum Gasteiger partial charge on any atom is -0.475 e. The van der Waals surface area contributed by atoms with Crippen molar-refractivity contribution in [1.29, 1.82) is 0 Å². The molecule has 3 unspecified atom stereocenters. The fourth-order valence-corrected chi connectivity index (χ4v) is 5.39. The number of rotatable bonds is 8. The summed E-state index contributed by atoms with van der Waals surface area (Å²) in [5, 5.41) is 0. The molecule has 1 aromatic heterocycles. The third kappa shape index (κ3) is 7.43. The van der Waals surface area contributed by atoms with Crippen LogP contribution in [-0.2, 0) is 32.0 Å². The van der Waals surface area contributed by atoms with Crippen LogP contribution in [0.15, 0.2) is 65.9 Å². The molecule has 3 aliphatic heterocycles. The lowest BCUT2D eigenvalue weighted by molar-refractivity contribution is -0.188. The molecular weight excluding hydrogens is 516 g/mol. The van der Waals surface area contributed by atoms with Crippen LogP contribution in [0.2, 0.25) is 0 Å². The van der Waals surface area contributed by atoms with Gasteiger partial charge in [-0.15, -0.1) is 0 Å². The van der Waals surface area contributed by atoms with E-state index < -0.39 is 0 Å². The minimum absolute atomic E-state index is 0.0155. The molecule has 6 rings (SSSR count). The zero-order valence-electron chi connectivity index (χ0n) is 23.7. The van der Waals surface area contributed by atoms with Crippen molar-refractivity contribution in [3.05, 3.63) is 89.0 Å². The van der Waals surface area contributed by atoms with Gasteiger partial charge in [-0.05, 0) is 68.1 Å². The van der Waals surface area contributed by atoms with Crippen molar-refractivity contribution in [3.63, 3.8) is 0 Å². The lowest BCUT2D eigenvalue weighted by atomic mass is 10.1. The van der Waals surface area contributed by atoms with Crippen molar-refractivity contribution < 1.29 is 18.9 Å². The number of ether oxygens (including phenoxy) is 4. The number of hydrogen-bond acceptors (Lipinski definition) is 7. The standard InChI is InChI=1S/C33H38N4O4/c1-25(41-31-4-2-3-19-39-31)32-34-15-16-37(32)23-30-24-40-33(35-30)29-13-11-27(12-14-29)6-5-26-7-9-28(10-8-26)22-36-17-20-38-21-18-36/h7-16,25,30-31H,2-4,17-24H2,1H3. The molecule has 0 bridgehead atoms. The van der Waals surface area contributed by atoms with Gasteiger partial charge in [0.15, 0.2) is 6.29 Å². The molecule has 0 amide bonds. The molecule has 214 valence electrons. The van der Waals surface area contributed by atoms with Gasteiger partial charge in [-0.25, -0.2) is 9.98 Å². The maximum atomic E-state index is 6.13. The number of hydrogen-bond donors (Lipinski definition) is 0. The molecule has 0 spiro atoms. The van der Waals surface area contributed by atoms with Gasteiger partial charge >= 0.3 is 0 Å². The van der Waals surface area contributed by atoms with Crippen LogP contribution in [-0.4, -0.2) is 72.2 Å². The Morgan fingerprint density at radius 1 is 0.976 bits per heavy atom. The average molecular weight is 555 g/mol. The van der Waals surface area contributed by atoms with Crippen LogP contribution >= 0.6 is 0 Å². The maximum Gasteiger partial charge on any atom is 0.216 e. The highest BCUT2D eigenvalue weighted by molar-refractivity contribution is 5.95. The molecule has 2 aromatic carbocycles. The number of imidazole rings is 1. The third-order valence-corrected chi connectivity index (χ3v) is 7.67. The topological polar surface area (TPSA) is 70.3 Å². The molecule has 41 heavy (non-hydrogen) atoms. The number of nitrogens with zero attached hydrogens (tertiary/aromatic N) is 4. The molecule has 3 aromatic rings. The van der Waals surface area contributed by atoms with E-state index in [0.717, 1.165) is 81.2 Å². The molecule has 0 N–H and O–H groups in total. The quantitative estimate of drug-likeness (QED) is 0.380. The Kier molecular flexibility index (Phi) is 9.08. The molecule has 0 saturated carbocycles. The van der Waals surface area contributed by atoms with E-state index in [1.807, 2.05) is 43.6 Å². The maximum absolute atomic E-state index is 6.13. The highest BCUT2D eigenvalue weighted by atomic mass is 16.7. The molecule has 3 aliphatic rings. The summed E-state index contributed by atoms with van der Waals surface area (Å²) in [6, 6.07) is 16.6. The predicted octanol–water partition coefficient (Wildman–Crippen LogP) is 4.56. The predicted molar refractivity (Wildman–Crippen MR) is 157 cm³/mol. The third-order valence-electron chi connectivity index (χ3n) is 7.67. The summed E-state index contributed by atoms with van der Waals surface area (Å²) < 4.78 is 25.4. The molecule has 2 saturated heterocycles. The first kappa shape index (κ1) is 27.7. The van der Waals surface area contributed by atoms with Gasteiger partial charge in [-0.2, -0.15) is 0 Å². The largest absolute Gasteiger partial charge is 0.475 e. The second-order valence-corrected chi connectivity index (χ2v) is 10.8. The van der Waals surface area contributed by atoms with Gasteiger partial charge in [-0.1, -0.05) is 24.0 Å². The van der Waals surface area contributed by atoms with Crippen molar-refractivity contribution in [2.24, 2.45) is 4.99 Å². The Bertz CT molecular complexity index is 1360. The van der Waals surface area contributed by atoms with Crippen LogP contribution in [0.5, 0.6) is 0 Å². The molecule has 2 fully saturated rings. The first-order valence-corrected chi connectivity index (χ1v) is 14.7. The Labute approximate surface area is 242 Å². The highest BCUT2D eigenvalue weighted by Crippen LogP contribution is 2.24. The summed E-state index contributed by atoms with van der Waals surface area (Å²) in [5.41, 5.74) is 4.23. The SMILES string of the molecule is CC(OC1CCCCO1)c1nccn1CC1COC(c2ccc(C#Cc3ccc(CN4CCOCC4)cc3)cc2)=N1. The molecule has 0 aliphatic carbocycles. The zero-order valence-corrected chi connectivity index (χ0v) is 23.7. The molecule has 3 atom stereocenters. The van der Waals surface area contributed by atoms with Crippen molar-refractivity contribution in [3.8, 4) is 11.8 Å². The van der Waals surface area contributed by atoms with Crippen LogP contribution in [0.3, 0.4) is 0 Å². The van der Waals surface area contributed by atoms with E-state index in [1.54, 1.807) is 0 Å². The smallest absolute Gasteiger partial charge is 0.216 e. The zero-order chi connectivity index (χ0) is 27.9. The lowest BCUT2D eigenvalue weighted by Crippen LogP contribution is -2.35. The first-order valence-electron chi connectivity index (χ1n) is 14.7. The summed E-state index contributed by atoms with van der Waals surface area (Å²) in [5.74, 6) is 8.12. The lowest BCUT2D eigenvalue weighted by Gasteiger charge is -2.26. The van der Waals surface area contributed by atoms with Gasteiger partial charge in [-0.3, -0.25) is 4.90 Å². The number of benzene rings is 2. The van der Waals surface area contributed by atoms with Crippen molar-refractivity contribution in [1.82, 2.24) is 14.5 Å². The second-order valence-electron chi connectivity index (χ2n) is 10.8. The Hall–Kier alpha value is -3.48. The summed E-state index contributed by atoms with van der Waals surface area (Å²) >= 11 is 0. The van der Waals surface area contributed by atoms with Crippen molar-refractivity contribution in [2.45, 2.75) is 57.7 Å². The Balaban J connectivity index is 1.03. The van der Waals surface area contributed by atoms with Gasteiger partial charge in [0.2, 0.25) is 5.90 Å². The molecule has 8 nitrogen and oxygen atoms in total. The summed E-state index contributed by atoms with van der Waals surface area (Å²) in [6.07, 6.45) is 6.67. The summed E-state index contributed by atoms with van der Waals surface area (Å²) in [4.78, 5) is 11.8. The molecular formula is C33H38N4O4. The van der Waals surface area contributed by atoms with Crippen LogP contribution in [0.25, 0.3) is 0 Å². The van der Waals surface area contributed by atoms with Gasteiger partial charge in [0, 0.05) is 61.9 Å². The van der Waals surface area contributed by atoms with E-state index in [-0.39, 0.29) is 18.4 Å².